The van der Waals surface area contributed by atoms with Crippen LogP contribution in [0.5, 0.6) is 0 Å². The molecule has 0 saturated heterocycles. The number of hydrogen-bond donors (Lipinski definition) is 1. The Morgan fingerprint density at radius 2 is 1.94 bits per heavy atom. The molecule has 2 aromatic heterocycles. The summed E-state index contributed by atoms with van der Waals surface area (Å²) in [5.74, 6) is 0.492. The lowest BCUT2D eigenvalue weighted by molar-refractivity contribution is 0.942. The Kier molecular flexibility index (Phi) is 2.33. The fourth-order valence-corrected chi connectivity index (χ4v) is 2.25. The predicted octanol–water partition coefficient (Wildman–Crippen LogP) is 2.74. The number of halogens is 1. The topological polar surface area (TPSA) is 56.2 Å². The highest BCUT2D eigenvalue weighted by molar-refractivity contribution is 9.10. The smallest absolute Gasteiger partial charge is 0.165 e. The number of nitrogen functional groups attached to an aromatic ring is 1. The second-order valence-corrected chi connectivity index (χ2v) is 4.51. The molecule has 0 radical (unpaired) electrons. The molecular formula is C12H9BrN4. The van der Waals surface area contributed by atoms with Crippen LogP contribution in [0.3, 0.4) is 0 Å². The van der Waals surface area contributed by atoms with Crippen LogP contribution in [0.1, 0.15) is 0 Å². The van der Waals surface area contributed by atoms with Gasteiger partial charge in [-0.2, -0.15) is 5.10 Å². The summed E-state index contributed by atoms with van der Waals surface area (Å²) in [4.78, 5) is 4.31. The minimum atomic E-state index is 0.492. The van der Waals surface area contributed by atoms with Crippen molar-refractivity contribution in [1.29, 1.82) is 0 Å². The lowest BCUT2D eigenvalue weighted by Crippen LogP contribution is -1.95. The van der Waals surface area contributed by atoms with E-state index in [0.717, 1.165) is 21.2 Å². The Morgan fingerprint density at radius 1 is 1.12 bits per heavy atom. The van der Waals surface area contributed by atoms with Crippen LogP contribution in [0.4, 0.5) is 5.82 Å². The van der Waals surface area contributed by atoms with Gasteiger partial charge in [-0.15, -0.1) is 0 Å². The predicted molar refractivity (Wildman–Crippen MR) is 70.5 cm³/mol. The van der Waals surface area contributed by atoms with Gasteiger partial charge in [0, 0.05) is 21.8 Å². The molecule has 2 heterocycles. The Bertz CT molecular complexity index is 690. The quantitative estimate of drug-likeness (QED) is 0.749. The number of hydrogen-bond acceptors (Lipinski definition) is 3. The molecule has 0 aliphatic rings. The molecule has 0 fully saturated rings. The second kappa shape index (κ2) is 3.85. The van der Waals surface area contributed by atoms with Crippen molar-refractivity contribution in [2.45, 2.75) is 0 Å². The number of nitrogens with zero attached hydrogens (tertiary/aromatic N) is 3. The van der Waals surface area contributed by atoms with Crippen LogP contribution in [0.25, 0.3) is 16.8 Å². The van der Waals surface area contributed by atoms with Crippen LogP contribution in [0, 0.1) is 0 Å². The number of nitrogens with two attached hydrogens (primary N) is 1. The summed E-state index contributed by atoms with van der Waals surface area (Å²) in [5.41, 5.74) is 8.48. The number of aromatic nitrogens is 3. The zero-order valence-corrected chi connectivity index (χ0v) is 10.4. The van der Waals surface area contributed by atoms with Crippen molar-refractivity contribution in [3.63, 3.8) is 0 Å². The summed E-state index contributed by atoms with van der Waals surface area (Å²) in [6.07, 6.45) is 3.60. The number of anilines is 1. The normalized spacial score (nSPS) is 10.9. The van der Waals surface area contributed by atoms with Gasteiger partial charge in [0.1, 0.15) is 5.82 Å². The van der Waals surface area contributed by atoms with Gasteiger partial charge in [-0.1, -0.05) is 34.1 Å². The molecule has 3 aromatic rings. The van der Waals surface area contributed by atoms with Crippen LogP contribution in [0.15, 0.2) is 47.2 Å². The molecule has 0 spiro atoms. The molecule has 0 saturated carbocycles. The van der Waals surface area contributed by atoms with E-state index in [2.05, 4.69) is 26.0 Å². The molecule has 1 aromatic carbocycles. The molecule has 0 bridgehead atoms. The van der Waals surface area contributed by atoms with Gasteiger partial charge in [-0.3, -0.25) is 0 Å². The zero-order chi connectivity index (χ0) is 11.8. The summed E-state index contributed by atoms with van der Waals surface area (Å²) >= 11 is 3.53. The first-order chi connectivity index (χ1) is 8.25. The molecule has 2 N–H and O–H groups in total. The molecule has 0 unspecified atom stereocenters. The molecule has 5 heteroatoms. The molecule has 84 valence electrons. The minimum absolute atomic E-state index is 0.492. The van der Waals surface area contributed by atoms with Crippen molar-refractivity contribution in [2.75, 3.05) is 5.73 Å². The molecule has 0 atom stereocenters. The zero-order valence-electron chi connectivity index (χ0n) is 8.84. The van der Waals surface area contributed by atoms with Gasteiger partial charge < -0.3 is 5.73 Å². The van der Waals surface area contributed by atoms with Crippen molar-refractivity contribution in [3.8, 4) is 11.1 Å². The number of benzene rings is 1. The van der Waals surface area contributed by atoms with E-state index in [9.17, 15) is 0 Å². The van der Waals surface area contributed by atoms with Gasteiger partial charge in [0.05, 0.1) is 6.20 Å². The maximum Gasteiger partial charge on any atom is 0.165 e. The SMILES string of the molecule is Nc1ccn2ncc(-c3ccccc3Br)c2n1. The fraction of sp³-hybridized carbons (Fsp3) is 0. The van der Waals surface area contributed by atoms with Crippen molar-refractivity contribution in [3.05, 3.63) is 47.2 Å². The highest BCUT2D eigenvalue weighted by Gasteiger charge is 2.10. The van der Waals surface area contributed by atoms with E-state index in [1.54, 1.807) is 23.0 Å². The van der Waals surface area contributed by atoms with Crippen molar-refractivity contribution in [1.82, 2.24) is 14.6 Å². The van der Waals surface area contributed by atoms with Gasteiger partial charge in [0.15, 0.2) is 5.65 Å². The summed E-state index contributed by atoms with van der Waals surface area (Å²) in [6.45, 7) is 0. The van der Waals surface area contributed by atoms with Crippen molar-refractivity contribution < 1.29 is 0 Å². The standard InChI is InChI=1S/C12H9BrN4/c13-10-4-2-1-3-8(10)9-7-15-17-6-5-11(14)16-12(9)17/h1-7H,(H2,14,16). The Hall–Kier alpha value is -1.88. The first kappa shape index (κ1) is 10.3. The van der Waals surface area contributed by atoms with Crippen molar-refractivity contribution >= 4 is 27.4 Å². The minimum Gasteiger partial charge on any atom is -0.384 e. The fourth-order valence-electron chi connectivity index (χ4n) is 1.75. The monoisotopic (exact) mass is 288 g/mol. The second-order valence-electron chi connectivity index (χ2n) is 3.66. The third-order valence-electron chi connectivity index (χ3n) is 2.55. The highest BCUT2D eigenvalue weighted by atomic mass is 79.9. The molecule has 0 amide bonds. The molecule has 4 nitrogen and oxygen atoms in total. The van der Waals surface area contributed by atoms with Gasteiger partial charge in [-0.25, -0.2) is 9.50 Å². The van der Waals surface area contributed by atoms with Crippen LogP contribution >= 0.6 is 15.9 Å². The van der Waals surface area contributed by atoms with E-state index in [1.165, 1.54) is 0 Å². The Labute approximate surface area is 106 Å². The molecule has 3 rings (SSSR count). The van der Waals surface area contributed by atoms with Gasteiger partial charge in [0.2, 0.25) is 0 Å². The Balaban J connectivity index is 2.31. The molecule has 0 aliphatic heterocycles. The van der Waals surface area contributed by atoms with E-state index in [4.69, 9.17) is 5.73 Å². The van der Waals surface area contributed by atoms with Crippen LogP contribution in [0.2, 0.25) is 0 Å². The van der Waals surface area contributed by atoms with Crippen LogP contribution in [-0.2, 0) is 0 Å². The first-order valence-electron chi connectivity index (χ1n) is 5.10. The van der Waals surface area contributed by atoms with E-state index in [0.29, 0.717) is 5.82 Å². The van der Waals surface area contributed by atoms with Crippen LogP contribution in [-0.4, -0.2) is 14.6 Å². The molecule has 17 heavy (non-hydrogen) atoms. The van der Waals surface area contributed by atoms with E-state index in [1.807, 2.05) is 24.3 Å². The summed E-state index contributed by atoms with van der Waals surface area (Å²) in [7, 11) is 0. The number of fused-ring (bicyclic) bond motifs is 1. The van der Waals surface area contributed by atoms with E-state index in [-0.39, 0.29) is 0 Å². The molecule has 0 aliphatic carbocycles. The average Bonchev–Trinajstić information content (AvgIpc) is 2.72. The van der Waals surface area contributed by atoms with Gasteiger partial charge in [-0.05, 0) is 12.1 Å². The summed E-state index contributed by atoms with van der Waals surface area (Å²) < 4.78 is 2.73. The summed E-state index contributed by atoms with van der Waals surface area (Å²) in [6, 6.07) is 9.69. The maximum absolute atomic E-state index is 5.70. The van der Waals surface area contributed by atoms with Crippen molar-refractivity contribution in [2.24, 2.45) is 0 Å². The van der Waals surface area contributed by atoms with E-state index < -0.39 is 0 Å². The summed E-state index contributed by atoms with van der Waals surface area (Å²) in [5, 5.41) is 4.26. The average molecular weight is 289 g/mol. The lowest BCUT2D eigenvalue weighted by Gasteiger charge is -2.02. The lowest BCUT2D eigenvalue weighted by atomic mass is 10.1. The highest BCUT2D eigenvalue weighted by Crippen LogP contribution is 2.30. The third kappa shape index (κ3) is 1.68. The number of rotatable bonds is 1. The Morgan fingerprint density at radius 3 is 2.76 bits per heavy atom. The van der Waals surface area contributed by atoms with Gasteiger partial charge >= 0.3 is 0 Å². The van der Waals surface area contributed by atoms with Crippen LogP contribution < -0.4 is 5.73 Å². The van der Waals surface area contributed by atoms with E-state index >= 15 is 0 Å². The third-order valence-corrected chi connectivity index (χ3v) is 3.25. The maximum atomic E-state index is 5.70. The largest absolute Gasteiger partial charge is 0.384 e. The van der Waals surface area contributed by atoms with Gasteiger partial charge in [0.25, 0.3) is 0 Å². The molecular weight excluding hydrogens is 280 g/mol. The first-order valence-corrected chi connectivity index (χ1v) is 5.90.